The van der Waals surface area contributed by atoms with Crippen LogP contribution in [-0.2, 0) is 0 Å². The van der Waals surface area contributed by atoms with Gasteiger partial charge in [0.15, 0.2) is 0 Å². The Labute approximate surface area is 81.5 Å². The fourth-order valence-corrected chi connectivity index (χ4v) is 1.25. The van der Waals surface area contributed by atoms with Gasteiger partial charge in [0.05, 0.1) is 6.10 Å². The molecule has 0 aliphatic heterocycles. The number of hydrogen-bond acceptors (Lipinski definition) is 1. The van der Waals surface area contributed by atoms with Crippen LogP contribution in [0.4, 0.5) is 0 Å². The zero-order valence-electron chi connectivity index (χ0n) is 8.45. The molecule has 0 fully saturated rings. The van der Waals surface area contributed by atoms with Gasteiger partial charge in [-0.25, -0.2) is 0 Å². The molecule has 74 valence electrons. The Bertz CT molecular complexity index is 170. The zero-order valence-corrected chi connectivity index (χ0v) is 8.45. The number of aliphatic hydroxyl groups is 1. The van der Waals surface area contributed by atoms with Gasteiger partial charge in [-0.1, -0.05) is 44.2 Å². The van der Waals surface area contributed by atoms with Gasteiger partial charge in [0, 0.05) is 5.92 Å². The van der Waals surface area contributed by atoms with Gasteiger partial charge in [0.2, 0.25) is 0 Å². The average Bonchev–Trinajstić information content (AvgIpc) is 2.13. The maximum Gasteiger partial charge on any atom is 0.0605 e. The van der Waals surface area contributed by atoms with E-state index < -0.39 is 0 Å². The summed E-state index contributed by atoms with van der Waals surface area (Å²) >= 11 is 0. The minimum absolute atomic E-state index is 0.177. The van der Waals surface area contributed by atoms with Crippen LogP contribution in [0.15, 0.2) is 37.5 Å². The van der Waals surface area contributed by atoms with Crippen LogP contribution in [0.1, 0.15) is 26.2 Å². The fourth-order valence-electron chi connectivity index (χ4n) is 1.25. The smallest absolute Gasteiger partial charge is 0.0605 e. The molecule has 0 aliphatic carbocycles. The summed E-state index contributed by atoms with van der Waals surface area (Å²) in [6.07, 6.45) is 9.93. The van der Waals surface area contributed by atoms with E-state index in [4.69, 9.17) is 0 Å². The molecule has 0 bridgehead atoms. The summed E-state index contributed by atoms with van der Waals surface area (Å²) in [5.41, 5.74) is 0. The molecular formula is C12H20O. The van der Waals surface area contributed by atoms with Gasteiger partial charge in [0.25, 0.3) is 0 Å². The second-order valence-corrected chi connectivity index (χ2v) is 3.16. The van der Waals surface area contributed by atoms with E-state index in [2.05, 4.69) is 20.1 Å². The molecule has 1 nitrogen and oxygen atoms in total. The average molecular weight is 180 g/mol. The number of aliphatic hydroxyl groups excluding tert-OH is 1. The van der Waals surface area contributed by atoms with Crippen molar-refractivity contribution in [1.29, 1.82) is 0 Å². The lowest BCUT2D eigenvalue weighted by Gasteiger charge is -2.16. The third-order valence-corrected chi connectivity index (χ3v) is 2.06. The van der Waals surface area contributed by atoms with Crippen LogP contribution in [0.3, 0.4) is 0 Å². The standard InChI is InChI=1S/C12H20O/c1-4-7-8-10-11(6-3)12(13)9-5-2/h4,6-8,11-13H,1,3,5,9-10H2,2H3/b8-7+. The fraction of sp³-hybridized carbons (Fsp3) is 0.500. The maximum absolute atomic E-state index is 9.68. The summed E-state index contributed by atoms with van der Waals surface area (Å²) in [7, 11) is 0. The first kappa shape index (κ1) is 12.2. The van der Waals surface area contributed by atoms with Gasteiger partial charge in [0.1, 0.15) is 0 Å². The number of hydrogen-bond donors (Lipinski definition) is 1. The Morgan fingerprint density at radius 3 is 2.54 bits per heavy atom. The monoisotopic (exact) mass is 180 g/mol. The first-order valence-corrected chi connectivity index (χ1v) is 4.84. The van der Waals surface area contributed by atoms with E-state index in [1.165, 1.54) is 0 Å². The molecular weight excluding hydrogens is 160 g/mol. The minimum Gasteiger partial charge on any atom is -0.393 e. The predicted molar refractivity (Wildman–Crippen MR) is 58.6 cm³/mol. The van der Waals surface area contributed by atoms with Crippen molar-refractivity contribution < 1.29 is 5.11 Å². The van der Waals surface area contributed by atoms with Gasteiger partial charge in [-0.2, -0.15) is 0 Å². The molecule has 0 saturated heterocycles. The minimum atomic E-state index is -0.253. The van der Waals surface area contributed by atoms with Crippen molar-refractivity contribution in [3.05, 3.63) is 37.5 Å². The van der Waals surface area contributed by atoms with E-state index in [1.807, 2.05) is 18.2 Å². The molecule has 0 rings (SSSR count). The largest absolute Gasteiger partial charge is 0.393 e. The van der Waals surface area contributed by atoms with Crippen LogP contribution >= 0.6 is 0 Å². The Hall–Kier alpha value is -0.820. The van der Waals surface area contributed by atoms with Crippen LogP contribution in [0.25, 0.3) is 0 Å². The van der Waals surface area contributed by atoms with Crippen molar-refractivity contribution in [2.45, 2.75) is 32.3 Å². The molecule has 2 atom stereocenters. The Kier molecular flexibility index (Phi) is 7.32. The van der Waals surface area contributed by atoms with Crippen LogP contribution in [0.5, 0.6) is 0 Å². The second-order valence-electron chi connectivity index (χ2n) is 3.16. The molecule has 0 radical (unpaired) electrons. The van der Waals surface area contributed by atoms with Gasteiger partial charge in [-0.15, -0.1) is 6.58 Å². The topological polar surface area (TPSA) is 20.2 Å². The quantitative estimate of drug-likeness (QED) is 0.471. The van der Waals surface area contributed by atoms with E-state index in [1.54, 1.807) is 6.08 Å². The number of allylic oxidation sites excluding steroid dienone is 3. The third-order valence-electron chi connectivity index (χ3n) is 2.06. The predicted octanol–water partition coefficient (Wildman–Crippen LogP) is 3.08. The maximum atomic E-state index is 9.68. The molecule has 0 spiro atoms. The van der Waals surface area contributed by atoms with E-state index >= 15 is 0 Å². The molecule has 0 aliphatic rings. The lowest BCUT2D eigenvalue weighted by molar-refractivity contribution is 0.121. The lowest BCUT2D eigenvalue weighted by Crippen LogP contribution is -2.17. The summed E-state index contributed by atoms with van der Waals surface area (Å²) in [5, 5.41) is 9.68. The normalized spacial score (nSPS) is 15.5. The van der Waals surface area contributed by atoms with E-state index in [0.29, 0.717) is 0 Å². The molecule has 0 amide bonds. The molecule has 2 unspecified atom stereocenters. The highest BCUT2D eigenvalue weighted by Gasteiger charge is 2.12. The molecule has 0 aromatic heterocycles. The summed E-state index contributed by atoms with van der Waals surface area (Å²) in [5.74, 6) is 0.177. The van der Waals surface area contributed by atoms with Crippen molar-refractivity contribution in [3.8, 4) is 0 Å². The van der Waals surface area contributed by atoms with E-state index in [0.717, 1.165) is 19.3 Å². The van der Waals surface area contributed by atoms with E-state index in [9.17, 15) is 5.11 Å². The highest BCUT2D eigenvalue weighted by molar-refractivity contribution is 5.00. The molecule has 1 N–H and O–H groups in total. The first-order chi connectivity index (χ1) is 6.26. The summed E-state index contributed by atoms with van der Waals surface area (Å²) in [4.78, 5) is 0. The van der Waals surface area contributed by atoms with E-state index in [-0.39, 0.29) is 12.0 Å². The van der Waals surface area contributed by atoms with Crippen molar-refractivity contribution in [1.82, 2.24) is 0 Å². The van der Waals surface area contributed by atoms with Gasteiger partial charge in [-0.05, 0) is 12.8 Å². The number of rotatable bonds is 7. The molecule has 0 aromatic carbocycles. The zero-order chi connectivity index (χ0) is 10.1. The summed E-state index contributed by atoms with van der Waals surface area (Å²) in [6.45, 7) is 9.39. The Morgan fingerprint density at radius 2 is 2.08 bits per heavy atom. The van der Waals surface area contributed by atoms with Crippen LogP contribution in [0.2, 0.25) is 0 Å². The Balaban J connectivity index is 3.93. The van der Waals surface area contributed by atoms with Gasteiger partial charge >= 0.3 is 0 Å². The van der Waals surface area contributed by atoms with Crippen molar-refractivity contribution in [3.63, 3.8) is 0 Å². The molecule has 0 saturated carbocycles. The lowest BCUT2D eigenvalue weighted by atomic mass is 9.95. The molecule has 13 heavy (non-hydrogen) atoms. The first-order valence-electron chi connectivity index (χ1n) is 4.84. The van der Waals surface area contributed by atoms with Crippen molar-refractivity contribution >= 4 is 0 Å². The van der Waals surface area contributed by atoms with Crippen molar-refractivity contribution in [2.75, 3.05) is 0 Å². The summed E-state index contributed by atoms with van der Waals surface area (Å²) < 4.78 is 0. The van der Waals surface area contributed by atoms with Crippen LogP contribution in [0, 0.1) is 5.92 Å². The van der Waals surface area contributed by atoms with Gasteiger partial charge in [-0.3, -0.25) is 0 Å². The second kappa shape index (κ2) is 7.81. The van der Waals surface area contributed by atoms with Crippen LogP contribution < -0.4 is 0 Å². The van der Waals surface area contributed by atoms with Crippen molar-refractivity contribution in [2.24, 2.45) is 5.92 Å². The highest BCUT2D eigenvalue weighted by Crippen LogP contribution is 2.15. The third kappa shape index (κ3) is 5.42. The molecule has 0 heterocycles. The highest BCUT2D eigenvalue weighted by atomic mass is 16.3. The molecule has 1 heteroatoms. The molecule has 0 aromatic rings. The Morgan fingerprint density at radius 1 is 1.38 bits per heavy atom. The SMILES string of the molecule is C=C/C=C/CC(C=C)C(O)CCC. The summed E-state index contributed by atoms with van der Waals surface area (Å²) in [6, 6.07) is 0. The van der Waals surface area contributed by atoms with Gasteiger partial charge < -0.3 is 5.11 Å². The van der Waals surface area contributed by atoms with Crippen LogP contribution in [-0.4, -0.2) is 11.2 Å².